The first-order chi connectivity index (χ1) is 10.7. The molecule has 1 aliphatic rings. The quantitative estimate of drug-likeness (QED) is 0.630. The van der Waals surface area contributed by atoms with Crippen LogP contribution >= 0.6 is 11.8 Å². The van der Waals surface area contributed by atoms with Gasteiger partial charge in [0.15, 0.2) is 0 Å². The van der Waals surface area contributed by atoms with Gasteiger partial charge in [0.2, 0.25) is 0 Å². The predicted molar refractivity (Wildman–Crippen MR) is 89.3 cm³/mol. The molecule has 0 saturated carbocycles. The monoisotopic (exact) mass is 309 g/mol. The van der Waals surface area contributed by atoms with Crippen LogP contribution in [0.4, 0.5) is 0 Å². The number of carbonyl (C=O) groups is 1. The lowest BCUT2D eigenvalue weighted by Gasteiger charge is -2.17. The minimum Gasteiger partial charge on any atom is -0.465 e. The van der Waals surface area contributed by atoms with Crippen molar-refractivity contribution >= 4 is 28.6 Å². The summed E-state index contributed by atoms with van der Waals surface area (Å²) in [6.07, 6.45) is 0. The van der Waals surface area contributed by atoms with Crippen molar-refractivity contribution in [3.8, 4) is 11.3 Å². The molecular formula is C18H15NO2S. The summed E-state index contributed by atoms with van der Waals surface area (Å²) in [5.74, 6) is 0.636. The first-order valence-electron chi connectivity index (χ1n) is 7.12. The molecule has 0 fully saturated rings. The average Bonchev–Trinajstić information content (AvgIpc) is 2.87. The molecule has 1 aromatic heterocycles. The summed E-state index contributed by atoms with van der Waals surface area (Å²) in [6, 6.07) is 14.3. The van der Waals surface area contributed by atoms with Crippen LogP contribution in [0.2, 0.25) is 0 Å². The van der Waals surface area contributed by atoms with E-state index >= 15 is 0 Å². The van der Waals surface area contributed by atoms with Crippen molar-refractivity contribution in [2.24, 2.45) is 7.05 Å². The molecule has 4 heteroatoms. The SMILES string of the molecule is COC(=O)c1ccc2c(c1)c1c(n2C)-c2ccccc2SC1. The Morgan fingerprint density at radius 3 is 2.86 bits per heavy atom. The molecule has 2 aromatic carbocycles. The molecule has 0 unspecified atom stereocenters. The molecule has 0 atom stereocenters. The number of benzene rings is 2. The molecule has 2 heterocycles. The minimum atomic E-state index is -0.289. The predicted octanol–water partition coefficient (Wildman–Crippen LogP) is 4.24. The van der Waals surface area contributed by atoms with Crippen LogP contribution in [0.25, 0.3) is 22.2 Å². The molecular weight excluding hydrogens is 294 g/mol. The van der Waals surface area contributed by atoms with Crippen LogP contribution in [-0.2, 0) is 17.5 Å². The van der Waals surface area contributed by atoms with Crippen molar-refractivity contribution in [3.63, 3.8) is 0 Å². The lowest BCUT2D eigenvalue weighted by molar-refractivity contribution is 0.0601. The Kier molecular flexibility index (Phi) is 3.01. The average molecular weight is 309 g/mol. The Morgan fingerprint density at radius 1 is 1.23 bits per heavy atom. The zero-order valence-corrected chi connectivity index (χ0v) is 13.2. The van der Waals surface area contributed by atoms with E-state index < -0.39 is 0 Å². The van der Waals surface area contributed by atoms with Crippen molar-refractivity contribution in [1.29, 1.82) is 0 Å². The standard InChI is InChI=1S/C18H15NO2S/c1-19-15-8-7-11(18(20)21-2)9-13(15)14-10-22-16-6-4-3-5-12(16)17(14)19/h3-9H,10H2,1-2H3. The van der Waals surface area contributed by atoms with Gasteiger partial charge in [0, 0.05) is 34.2 Å². The molecule has 0 saturated heterocycles. The van der Waals surface area contributed by atoms with Crippen LogP contribution in [0.5, 0.6) is 0 Å². The number of hydrogen-bond acceptors (Lipinski definition) is 3. The number of aryl methyl sites for hydroxylation is 1. The van der Waals surface area contributed by atoms with E-state index in [0.717, 1.165) is 16.7 Å². The lowest BCUT2D eigenvalue weighted by atomic mass is 10.0. The van der Waals surface area contributed by atoms with Gasteiger partial charge in [-0.25, -0.2) is 4.79 Å². The molecule has 1 aliphatic heterocycles. The number of esters is 1. The van der Waals surface area contributed by atoms with Crippen LogP contribution in [0.1, 0.15) is 15.9 Å². The molecule has 0 amide bonds. The van der Waals surface area contributed by atoms with Crippen molar-refractivity contribution in [2.75, 3.05) is 7.11 Å². The highest BCUT2D eigenvalue weighted by Crippen LogP contribution is 2.45. The fraction of sp³-hybridized carbons (Fsp3) is 0.167. The van der Waals surface area contributed by atoms with Crippen molar-refractivity contribution in [3.05, 3.63) is 53.6 Å². The summed E-state index contributed by atoms with van der Waals surface area (Å²) in [6.45, 7) is 0. The molecule has 0 bridgehead atoms. The van der Waals surface area contributed by atoms with Gasteiger partial charge in [0.05, 0.1) is 18.4 Å². The van der Waals surface area contributed by atoms with E-state index in [2.05, 4.69) is 35.9 Å². The second kappa shape index (κ2) is 4.92. The summed E-state index contributed by atoms with van der Waals surface area (Å²) in [5, 5.41) is 1.14. The number of aromatic nitrogens is 1. The third-order valence-corrected chi connectivity index (χ3v) is 5.34. The highest BCUT2D eigenvalue weighted by atomic mass is 32.2. The fourth-order valence-corrected chi connectivity index (χ4v) is 4.28. The first-order valence-corrected chi connectivity index (χ1v) is 8.11. The van der Waals surface area contributed by atoms with E-state index in [4.69, 9.17) is 4.74 Å². The highest BCUT2D eigenvalue weighted by Gasteiger charge is 2.23. The van der Waals surface area contributed by atoms with E-state index in [1.807, 2.05) is 30.0 Å². The molecule has 0 aliphatic carbocycles. The van der Waals surface area contributed by atoms with Gasteiger partial charge in [-0.2, -0.15) is 0 Å². The molecule has 3 aromatic rings. The van der Waals surface area contributed by atoms with Crippen LogP contribution in [0, 0.1) is 0 Å². The van der Waals surface area contributed by atoms with Gasteiger partial charge in [-0.3, -0.25) is 0 Å². The summed E-state index contributed by atoms with van der Waals surface area (Å²) in [5.41, 5.74) is 5.58. The number of carbonyl (C=O) groups excluding carboxylic acids is 1. The topological polar surface area (TPSA) is 31.2 Å². The van der Waals surface area contributed by atoms with Crippen LogP contribution < -0.4 is 0 Å². The van der Waals surface area contributed by atoms with Crippen molar-refractivity contribution < 1.29 is 9.53 Å². The number of methoxy groups -OCH3 is 1. The van der Waals surface area contributed by atoms with E-state index in [9.17, 15) is 4.79 Å². The zero-order chi connectivity index (χ0) is 15.3. The molecule has 4 rings (SSSR count). The van der Waals surface area contributed by atoms with Crippen LogP contribution in [0.15, 0.2) is 47.4 Å². The Morgan fingerprint density at radius 2 is 2.05 bits per heavy atom. The van der Waals surface area contributed by atoms with Gasteiger partial charge in [-0.1, -0.05) is 18.2 Å². The Balaban J connectivity index is 2.02. The molecule has 0 radical (unpaired) electrons. The Bertz CT molecular complexity index is 911. The normalized spacial score (nSPS) is 12.8. The van der Waals surface area contributed by atoms with Crippen LogP contribution in [0.3, 0.4) is 0 Å². The van der Waals surface area contributed by atoms with Gasteiger partial charge < -0.3 is 9.30 Å². The summed E-state index contributed by atoms with van der Waals surface area (Å²) < 4.78 is 7.07. The number of fused-ring (bicyclic) bond motifs is 5. The molecule has 22 heavy (non-hydrogen) atoms. The van der Waals surface area contributed by atoms with Gasteiger partial charge >= 0.3 is 5.97 Å². The molecule has 110 valence electrons. The summed E-state index contributed by atoms with van der Waals surface area (Å²) in [4.78, 5) is 13.1. The molecule has 3 nitrogen and oxygen atoms in total. The second-order valence-electron chi connectivity index (χ2n) is 5.39. The number of thioether (sulfide) groups is 1. The summed E-state index contributed by atoms with van der Waals surface area (Å²) >= 11 is 1.85. The van der Waals surface area contributed by atoms with Crippen LogP contribution in [-0.4, -0.2) is 17.6 Å². The van der Waals surface area contributed by atoms with E-state index in [1.165, 1.54) is 28.8 Å². The van der Waals surface area contributed by atoms with Gasteiger partial charge in [-0.05, 0) is 29.8 Å². The van der Waals surface area contributed by atoms with E-state index in [0.29, 0.717) is 5.56 Å². The highest BCUT2D eigenvalue weighted by molar-refractivity contribution is 7.98. The number of nitrogens with zero attached hydrogens (tertiary/aromatic N) is 1. The minimum absolute atomic E-state index is 0.289. The lowest BCUT2D eigenvalue weighted by Crippen LogP contribution is -2.00. The maximum atomic E-state index is 11.8. The molecule has 0 N–H and O–H groups in total. The Labute approximate surface area is 132 Å². The van der Waals surface area contributed by atoms with Gasteiger partial charge in [-0.15, -0.1) is 11.8 Å². The Hall–Kier alpha value is -2.20. The number of hydrogen-bond donors (Lipinski definition) is 0. The largest absolute Gasteiger partial charge is 0.465 e. The maximum Gasteiger partial charge on any atom is 0.337 e. The third-order valence-electron chi connectivity index (χ3n) is 4.24. The number of rotatable bonds is 1. The maximum absolute atomic E-state index is 11.8. The van der Waals surface area contributed by atoms with E-state index in [1.54, 1.807) is 0 Å². The van der Waals surface area contributed by atoms with E-state index in [-0.39, 0.29) is 5.97 Å². The smallest absolute Gasteiger partial charge is 0.337 e. The summed E-state index contributed by atoms with van der Waals surface area (Å²) in [7, 11) is 3.50. The van der Waals surface area contributed by atoms with Crippen molar-refractivity contribution in [1.82, 2.24) is 4.57 Å². The fourth-order valence-electron chi connectivity index (χ4n) is 3.19. The van der Waals surface area contributed by atoms with Gasteiger partial charge in [0.25, 0.3) is 0 Å². The second-order valence-corrected chi connectivity index (χ2v) is 6.41. The zero-order valence-electron chi connectivity index (χ0n) is 12.4. The third kappa shape index (κ3) is 1.80. The molecule has 0 spiro atoms. The first kappa shape index (κ1) is 13.5. The van der Waals surface area contributed by atoms with Gasteiger partial charge in [0.1, 0.15) is 0 Å². The van der Waals surface area contributed by atoms with Crippen molar-refractivity contribution in [2.45, 2.75) is 10.6 Å². The number of ether oxygens (including phenoxy) is 1.